The van der Waals surface area contributed by atoms with Crippen molar-refractivity contribution in [2.45, 2.75) is 27.7 Å². The second kappa shape index (κ2) is 11.8. The van der Waals surface area contributed by atoms with Gasteiger partial charge in [0, 0.05) is 34.1 Å². The summed E-state index contributed by atoms with van der Waals surface area (Å²) >= 11 is 0. The fourth-order valence-electron chi connectivity index (χ4n) is 7.61. The highest BCUT2D eigenvalue weighted by atomic mass is 15.1. The lowest BCUT2D eigenvalue weighted by molar-refractivity contribution is 1.24. The number of fused-ring (bicyclic) bond motifs is 6. The third kappa shape index (κ3) is 5.04. The van der Waals surface area contributed by atoms with E-state index in [-0.39, 0.29) is 0 Å². The maximum Gasteiger partial charge on any atom is 0.0493 e. The smallest absolute Gasteiger partial charge is 0.0493 e. The Bertz CT molecular complexity index is 2400. The first-order chi connectivity index (χ1) is 24.4. The lowest BCUT2D eigenvalue weighted by atomic mass is 9.78. The molecular weight excluding hydrogens is 605 g/mol. The fourth-order valence-corrected chi connectivity index (χ4v) is 7.61. The molecule has 2 heteroatoms. The van der Waals surface area contributed by atoms with Crippen LogP contribution in [0.1, 0.15) is 22.3 Å². The van der Waals surface area contributed by atoms with E-state index in [2.05, 4.69) is 195 Å². The Labute approximate surface area is 294 Å². The molecule has 0 unspecified atom stereocenters. The van der Waals surface area contributed by atoms with E-state index in [1.807, 2.05) is 0 Å². The minimum Gasteiger partial charge on any atom is -0.310 e. The Morgan fingerprint density at radius 2 is 0.680 bits per heavy atom. The highest BCUT2D eigenvalue weighted by molar-refractivity contribution is 6.12. The number of para-hydroxylation sites is 2. The molecule has 0 spiro atoms. The van der Waals surface area contributed by atoms with Gasteiger partial charge < -0.3 is 9.80 Å². The van der Waals surface area contributed by atoms with Gasteiger partial charge in [0.05, 0.1) is 0 Å². The standard InChI is InChI=1S/C48H38N2/c1-31-15-17-33(3)47(23-31)49(39-11-7-5-8-12-39)41-21-19-35-27-43-44-28-36-20-22-42(26-38(36)30-46(44)45(43)29-37(35)25-41)50(40-13-9-6-10-14-40)48-24-32(2)16-18-34(48)4/h5-30H,1-4H3. The van der Waals surface area contributed by atoms with Gasteiger partial charge in [0.2, 0.25) is 0 Å². The molecule has 0 aliphatic heterocycles. The van der Waals surface area contributed by atoms with Crippen LogP contribution in [0.25, 0.3) is 43.8 Å². The number of aryl methyl sites for hydroxylation is 4. The van der Waals surface area contributed by atoms with Crippen LogP contribution in [-0.4, -0.2) is 0 Å². The molecule has 0 amide bonds. The van der Waals surface area contributed by atoms with Crippen LogP contribution in [0.4, 0.5) is 34.1 Å². The Kier molecular flexibility index (Phi) is 7.07. The fraction of sp³-hybridized carbons (Fsp3) is 0.0833. The van der Waals surface area contributed by atoms with Crippen molar-refractivity contribution in [2.75, 3.05) is 9.80 Å². The maximum absolute atomic E-state index is 2.39. The molecule has 2 nitrogen and oxygen atoms in total. The van der Waals surface area contributed by atoms with Crippen LogP contribution in [0.5, 0.6) is 0 Å². The van der Waals surface area contributed by atoms with Crippen molar-refractivity contribution in [3.63, 3.8) is 0 Å². The van der Waals surface area contributed by atoms with E-state index in [0.717, 1.165) is 22.7 Å². The van der Waals surface area contributed by atoms with Crippen LogP contribution in [-0.2, 0) is 0 Å². The highest BCUT2D eigenvalue weighted by Gasteiger charge is 2.25. The topological polar surface area (TPSA) is 6.48 Å². The summed E-state index contributed by atoms with van der Waals surface area (Å²) in [7, 11) is 0. The third-order valence-corrected chi connectivity index (χ3v) is 10.3. The van der Waals surface area contributed by atoms with Gasteiger partial charge in [-0.25, -0.2) is 0 Å². The largest absolute Gasteiger partial charge is 0.310 e. The number of hydrogen-bond donors (Lipinski definition) is 0. The van der Waals surface area contributed by atoms with Crippen molar-refractivity contribution in [1.82, 2.24) is 0 Å². The summed E-state index contributed by atoms with van der Waals surface area (Å²) in [5.74, 6) is 0. The number of hydrogen-bond acceptors (Lipinski definition) is 2. The van der Waals surface area contributed by atoms with E-state index < -0.39 is 0 Å². The van der Waals surface area contributed by atoms with E-state index >= 15 is 0 Å². The molecular formula is C48H38N2. The molecule has 0 radical (unpaired) electrons. The van der Waals surface area contributed by atoms with Gasteiger partial charge in [-0.3, -0.25) is 0 Å². The van der Waals surface area contributed by atoms with Crippen LogP contribution in [0.3, 0.4) is 0 Å². The zero-order valence-corrected chi connectivity index (χ0v) is 28.9. The van der Waals surface area contributed by atoms with E-state index in [0.29, 0.717) is 0 Å². The Morgan fingerprint density at radius 3 is 1.08 bits per heavy atom. The summed E-state index contributed by atoms with van der Waals surface area (Å²) in [5, 5.41) is 5.01. The lowest BCUT2D eigenvalue weighted by Gasteiger charge is -2.29. The normalized spacial score (nSPS) is 11.6. The van der Waals surface area contributed by atoms with Crippen molar-refractivity contribution in [2.24, 2.45) is 0 Å². The first-order valence-electron chi connectivity index (χ1n) is 17.4. The van der Waals surface area contributed by atoms with E-state index in [9.17, 15) is 0 Å². The average molecular weight is 643 g/mol. The molecule has 0 aromatic heterocycles. The van der Waals surface area contributed by atoms with Crippen LogP contribution in [0, 0.1) is 27.7 Å². The van der Waals surface area contributed by atoms with Gasteiger partial charge in [-0.05, 0) is 179 Å². The summed E-state index contributed by atoms with van der Waals surface area (Å²) in [6, 6.07) is 58.1. The molecule has 50 heavy (non-hydrogen) atoms. The Morgan fingerprint density at radius 1 is 0.300 bits per heavy atom. The monoisotopic (exact) mass is 642 g/mol. The molecule has 0 fully saturated rings. The quantitative estimate of drug-likeness (QED) is 0.178. The average Bonchev–Trinajstić information content (AvgIpc) is 3.14. The maximum atomic E-state index is 2.39. The molecule has 0 heterocycles. The second-order valence-corrected chi connectivity index (χ2v) is 13.8. The van der Waals surface area contributed by atoms with Crippen molar-refractivity contribution in [3.8, 4) is 22.3 Å². The predicted octanol–water partition coefficient (Wildman–Crippen LogP) is 13.8. The van der Waals surface area contributed by atoms with Gasteiger partial charge in [-0.2, -0.15) is 0 Å². The van der Waals surface area contributed by atoms with Crippen LogP contribution in [0.2, 0.25) is 0 Å². The summed E-state index contributed by atoms with van der Waals surface area (Å²) in [6.45, 7) is 8.73. The number of nitrogens with zero attached hydrogens (tertiary/aromatic N) is 2. The third-order valence-electron chi connectivity index (χ3n) is 10.3. The molecule has 1 aliphatic rings. The molecule has 0 atom stereocenters. The van der Waals surface area contributed by atoms with E-state index in [1.165, 1.54) is 77.4 Å². The Balaban J connectivity index is 1.14. The zero-order chi connectivity index (χ0) is 33.9. The predicted molar refractivity (Wildman–Crippen MR) is 214 cm³/mol. The van der Waals surface area contributed by atoms with Crippen molar-refractivity contribution in [3.05, 3.63) is 180 Å². The molecule has 0 bridgehead atoms. The molecule has 0 saturated heterocycles. The molecule has 0 N–H and O–H groups in total. The number of rotatable bonds is 6. The van der Waals surface area contributed by atoms with Crippen molar-refractivity contribution < 1.29 is 0 Å². The number of benzene rings is 8. The molecule has 240 valence electrons. The van der Waals surface area contributed by atoms with Gasteiger partial charge in [-0.1, -0.05) is 72.8 Å². The molecule has 8 aromatic rings. The van der Waals surface area contributed by atoms with Crippen LogP contribution < -0.4 is 9.80 Å². The minimum atomic E-state index is 1.16. The number of anilines is 6. The van der Waals surface area contributed by atoms with Gasteiger partial charge in [-0.15, -0.1) is 0 Å². The SMILES string of the molecule is Cc1ccc(C)c(N(c2ccccc2)c2ccc3cc4c(cc3c2)-c2cc3cc(N(c5ccccc5)c5cc(C)ccc5C)ccc3cc2-4)c1. The summed E-state index contributed by atoms with van der Waals surface area (Å²) < 4.78 is 0. The Hall–Kier alpha value is -6.12. The second-order valence-electron chi connectivity index (χ2n) is 13.8. The summed E-state index contributed by atoms with van der Waals surface area (Å²) in [6.07, 6.45) is 0. The highest BCUT2D eigenvalue weighted by Crippen LogP contribution is 2.51. The minimum absolute atomic E-state index is 1.16. The van der Waals surface area contributed by atoms with Crippen LogP contribution in [0.15, 0.2) is 158 Å². The van der Waals surface area contributed by atoms with Crippen molar-refractivity contribution in [1.29, 1.82) is 0 Å². The van der Waals surface area contributed by atoms with Gasteiger partial charge >= 0.3 is 0 Å². The zero-order valence-electron chi connectivity index (χ0n) is 28.9. The summed E-state index contributed by atoms with van der Waals surface area (Å²) in [5.41, 5.74) is 17.4. The van der Waals surface area contributed by atoms with E-state index in [4.69, 9.17) is 0 Å². The lowest BCUT2D eigenvalue weighted by Crippen LogP contribution is -2.11. The first-order valence-corrected chi connectivity index (χ1v) is 17.4. The molecule has 8 aromatic carbocycles. The van der Waals surface area contributed by atoms with E-state index in [1.54, 1.807) is 0 Å². The summed E-state index contributed by atoms with van der Waals surface area (Å²) in [4.78, 5) is 4.77. The first kappa shape index (κ1) is 30.0. The molecule has 9 rings (SSSR count). The molecule has 0 saturated carbocycles. The molecule has 1 aliphatic carbocycles. The van der Waals surface area contributed by atoms with Gasteiger partial charge in [0.1, 0.15) is 0 Å². The van der Waals surface area contributed by atoms with Gasteiger partial charge in [0.25, 0.3) is 0 Å². The van der Waals surface area contributed by atoms with Crippen molar-refractivity contribution >= 4 is 55.7 Å². The van der Waals surface area contributed by atoms with Crippen LogP contribution >= 0.6 is 0 Å². The van der Waals surface area contributed by atoms with Gasteiger partial charge in [0.15, 0.2) is 0 Å².